The monoisotopic (exact) mass is 534 g/mol. The highest BCUT2D eigenvalue weighted by Crippen LogP contribution is 2.28. The molecule has 2 amide bonds. The second kappa shape index (κ2) is 9.84. The van der Waals surface area contributed by atoms with Crippen LogP contribution in [0.3, 0.4) is 0 Å². The molecule has 1 aliphatic heterocycles. The van der Waals surface area contributed by atoms with E-state index >= 15 is 0 Å². The van der Waals surface area contributed by atoms with Crippen molar-refractivity contribution in [2.75, 3.05) is 38.3 Å². The number of amidine groups is 1. The Morgan fingerprint density at radius 1 is 1.23 bits per heavy atom. The van der Waals surface area contributed by atoms with E-state index in [1.807, 2.05) is 12.1 Å². The molecule has 1 aliphatic rings. The van der Waals surface area contributed by atoms with Gasteiger partial charge in [0.05, 0.1) is 24.2 Å². The van der Waals surface area contributed by atoms with E-state index in [1.165, 1.54) is 16.2 Å². The molecule has 3 aromatic rings. The molecule has 12 heteroatoms. The summed E-state index contributed by atoms with van der Waals surface area (Å²) in [6, 6.07) is 14.0. The van der Waals surface area contributed by atoms with E-state index in [-0.39, 0.29) is 24.8 Å². The number of carbonyl (C=O) groups is 2. The van der Waals surface area contributed by atoms with E-state index in [9.17, 15) is 18.0 Å². The normalized spacial score (nSPS) is 16.5. The molecule has 1 atom stereocenters. The van der Waals surface area contributed by atoms with Crippen molar-refractivity contribution in [1.29, 1.82) is 0 Å². The Morgan fingerprint density at radius 3 is 2.60 bits per heavy atom. The van der Waals surface area contributed by atoms with Gasteiger partial charge < -0.3 is 15.0 Å². The minimum atomic E-state index is -3.58. The van der Waals surface area contributed by atoms with Crippen LogP contribution in [0.25, 0.3) is 10.1 Å². The first-order chi connectivity index (χ1) is 16.5. The van der Waals surface area contributed by atoms with Crippen molar-refractivity contribution < 1.29 is 22.7 Å². The summed E-state index contributed by atoms with van der Waals surface area (Å²) in [5.74, 6) is 0.0368. The van der Waals surface area contributed by atoms with Crippen molar-refractivity contribution in [1.82, 2.24) is 10.2 Å². The number of fused-ring (bicyclic) bond motifs is 1. The van der Waals surface area contributed by atoms with Crippen molar-refractivity contribution in [3.8, 4) is 0 Å². The number of anilines is 1. The smallest absolute Gasteiger partial charge is 0.414 e. The molecule has 0 aliphatic carbocycles. The Bertz CT molecular complexity index is 1420. The summed E-state index contributed by atoms with van der Waals surface area (Å²) in [5.41, 5.74) is 1.18. The molecule has 35 heavy (non-hydrogen) atoms. The third kappa shape index (κ3) is 5.92. The fourth-order valence-electron chi connectivity index (χ4n) is 3.59. The van der Waals surface area contributed by atoms with Crippen LogP contribution in [-0.2, 0) is 14.8 Å². The van der Waals surface area contributed by atoms with E-state index in [2.05, 4.69) is 9.71 Å². The number of benzene rings is 2. The highest BCUT2D eigenvalue weighted by molar-refractivity contribution is 7.89. The predicted molar refractivity (Wildman–Crippen MR) is 138 cm³/mol. The quantitative estimate of drug-likeness (QED) is 0.382. The Kier molecular flexibility index (Phi) is 7.02. The molecule has 184 valence electrons. The summed E-state index contributed by atoms with van der Waals surface area (Å²) in [6.07, 6.45) is -0.00864. The molecule has 1 aromatic heterocycles. The Balaban J connectivity index is 1.40. The Labute approximate surface area is 212 Å². The molecule has 2 heterocycles. The van der Waals surface area contributed by atoms with Gasteiger partial charge in [-0.3, -0.25) is 9.69 Å². The zero-order valence-electron chi connectivity index (χ0n) is 19.2. The van der Waals surface area contributed by atoms with Crippen LogP contribution in [0.1, 0.15) is 15.2 Å². The van der Waals surface area contributed by atoms with Gasteiger partial charge >= 0.3 is 6.09 Å². The number of sulfonamides is 1. The summed E-state index contributed by atoms with van der Waals surface area (Å²) in [6.45, 7) is 0.429. The highest BCUT2D eigenvalue weighted by Gasteiger charge is 2.32. The van der Waals surface area contributed by atoms with E-state index in [0.29, 0.717) is 21.2 Å². The molecule has 2 aromatic carbocycles. The van der Waals surface area contributed by atoms with Gasteiger partial charge in [-0.25, -0.2) is 13.2 Å². The van der Waals surface area contributed by atoms with Gasteiger partial charge in [-0.05, 0) is 47.9 Å². The lowest BCUT2D eigenvalue weighted by Crippen LogP contribution is -2.34. The number of cyclic esters (lactones) is 1. The van der Waals surface area contributed by atoms with Crippen LogP contribution < -0.4 is 10.2 Å². The molecule has 0 spiro atoms. The van der Waals surface area contributed by atoms with Crippen molar-refractivity contribution in [3.05, 3.63) is 64.0 Å². The maximum atomic E-state index is 12.6. The van der Waals surface area contributed by atoms with Gasteiger partial charge in [0.1, 0.15) is 11.9 Å². The number of hydrogen-bond donors (Lipinski definition) is 1. The topological polar surface area (TPSA) is 108 Å². The lowest BCUT2D eigenvalue weighted by molar-refractivity contribution is 0.0920. The largest absolute Gasteiger partial charge is 0.442 e. The molecular weight excluding hydrogens is 512 g/mol. The number of ether oxygens (including phenoxy) is 1. The van der Waals surface area contributed by atoms with Crippen molar-refractivity contribution in [3.63, 3.8) is 0 Å². The van der Waals surface area contributed by atoms with Gasteiger partial charge in [0, 0.05) is 35.1 Å². The Morgan fingerprint density at radius 2 is 1.94 bits per heavy atom. The van der Waals surface area contributed by atoms with Crippen molar-refractivity contribution in [2.24, 2.45) is 4.40 Å². The summed E-state index contributed by atoms with van der Waals surface area (Å²) in [4.78, 5) is 28.6. The number of halogens is 1. The SMILES string of the molecule is CN(C)C(=NS(C)(=O)=O)c1ccc(N2CC(CNC(=O)c3cc4ccc(Cl)cc4s3)OC2=O)cc1. The molecule has 1 N–H and O–H groups in total. The highest BCUT2D eigenvalue weighted by atomic mass is 35.5. The number of hydrogen-bond acceptors (Lipinski definition) is 6. The fourth-order valence-corrected chi connectivity index (χ4v) is 5.43. The first-order valence-electron chi connectivity index (χ1n) is 10.5. The molecule has 0 bridgehead atoms. The van der Waals surface area contributed by atoms with Crippen LogP contribution >= 0.6 is 22.9 Å². The second-order valence-electron chi connectivity index (χ2n) is 8.21. The average Bonchev–Trinajstić information content (AvgIpc) is 3.38. The minimum Gasteiger partial charge on any atom is -0.442 e. The van der Waals surface area contributed by atoms with Crippen molar-refractivity contribution >= 4 is 66.6 Å². The maximum Gasteiger partial charge on any atom is 0.414 e. The molecule has 4 rings (SSSR count). The summed E-state index contributed by atoms with van der Waals surface area (Å²) in [5, 5.41) is 4.37. The predicted octanol–water partition coefficient (Wildman–Crippen LogP) is 3.58. The van der Waals surface area contributed by atoms with Crippen LogP contribution in [0.5, 0.6) is 0 Å². The van der Waals surface area contributed by atoms with Gasteiger partial charge in [-0.15, -0.1) is 15.7 Å². The van der Waals surface area contributed by atoms with E-state index in [1.54, 1.807) is 55.4 Å². The van der Waals surface area contributed by atoms with E-state index in [4.69, 9.17) is 16.3 Å². The van der Waals surface area contributed by atoms with Crippen LogP contribution in [0.4, 0.5) is 10.5 Å². The summed E-state index contributed by atoms with van der Waals surface area (Å²) >= 11 is 7.36. The zero-order valence-corrected chi connectivity index (χ0v) is 21.6. The van der Waals surface area contributed by atoms with Crippen molar-refractivity contribution in [2.45, 2.75) is 6.10 Å². The first kappa shape index (κ1) is 25.0. The standard InChI is InChI=1S/C23H23ClN4O5S2/c1-27(2)21(26-35(3,31)32)14-5-8-17(9-6-14)28-13-18(33-23(28)30)12-25-22(29)20-10-15-4-7-16(24)11-19(15)34-20/h4-11,18H,12-13H2,1-3H3,(H,25,29). The third-order valence-corrected chi connectivity index (χ3v) is 7.02. The number of amides is 2. The van der Waals surface area contributed by atoms with Crippen LogP contribution in [0, 0.1) is 0 Å². The van der Waals surface area contributed by atoms with Crippen LogP contribution in [0.15, 0.2) is 52.9 Å². The molecule has 0 radical (unpaired) electrons. The van der Waals surface area contributed by atoms with Gasteiger partial charge in [-0.1, -0.05) is 17.7 Å². The van der Waals surface area contributed by atoms with Crippen LogP contribution in [0.2, 0.25) is 5.02 Å². The third-order valence-electron chi connectivity index (χ3n) is 5.18. The Hall–Kier alpha value is -3.15. The first-order valence-corrected chi connectivity index (χ1v) is 13.6. The average molecular weight is 535 g/mol. The molecule has 0 saturated carbocycles. The minimum absolute atomic E-state index is 0.167. The van der Waals surface area contributed by atoms with Gasteiger partial charge in [0.15, 0.2) is 0 Å². The molecular formula is C23H23ClN4O5S2. The number of rotatable bonds is 6. The number of thiophene rings is 1. The molecule has 1 fully saturated rings. The fraction of sp³-hybridized carbons (Fsp3) is 0.261. The lowest BCUT2D eigenvalue weighted by atomic mass is 10.1. The van der Waals surface area contributed by atoms with E-state index in [0.717, 1.165) is 16.3 Å². The number of nitrogens with one attached hydrogen (secondary N) is 1. The number of nitrogens with zero attached hydrogens (tertiary/aromatic N) is 3. The summed E-state index contributed by atoms with van der Waals surface area (Å²) in [7, 11) is -0.185. The zero-order chi connectivity index (χ0) is 25.3. The molecule has 9 nitrogen and oxygen atoms in total. The van der Waals surface area contributed by atoms with Gasteiger partial charge in [0.25, 0.3) is 15.9 Å². The van der Waals surface area contributed by atoms with Crippen LogP contribution in [-0.4, -0.2) is 70.7 Å². The summed E-state index contributed by atoms with van der Waals surface area (Å²) < 4.78 is 33.3. The van der Waals surface area contributed by atoms with Gasteiger partial charge in [-0.2, -0.15) is 0 Å². The van der Waals surface area contributed by atoms with E-state index < -0.39 is 22.2 Å². The molecule has 1 unspecified atom stereocenters. The second-order valence-corrected chi connectivity index (χ2v) is 11.4. The van der Waals surface area contributed by atoms with Gasteiger partial charge in [0.2, 0.25) is 0 Å². The molecule has 1 saturated heterocycles. The maximum absolute atomic E-state index is 12.6. The number of carbonyl (C=O) groups excluding carboxylic acids is 2. The lowest BCUT2D eigenvalue weighted by Gasteiger charge is -2.17.